The molecule has 0 spiro atoms. The van der Waals surface area contributed by atoms with Crippen molar-refractivity contribution < 1.29 is 0 Å². The number of hydrogen-bond donors (Lipinski definition) is 0. The van der Waals surface area contributed by atoms with Crippen molar-refractivity contribution in [1.82, 2.24) is 0 Å². The molecule has 2 atom stereocenters. The second-order valence-electron chi connectivity index (χ2n) is 4.44. The van der Waals surface area contributed by atoms with Gasteiger partial charge in [0.25, 0.3) is 0 Å². The van der Waals surface area contributed by atoms with Crippen molar-refractivity contribution in [3.63, 3.8) is 0 Å². The van der Waals surface area contributed by atoms with Crippen molar-refractivity contribution in [3.05, 3.63) is 48.0 Å². The summed E-state index contributed by atoms with van der Waals surface area (Å²) in [6.07, 6.45) is 4.63. The molecule has 0 bridgehead atoms. The van der Waals surface area contributed by atoms with Gasteiger partial charge in [-0.15, -0.1) is 0 Å². The quantitative estimate of drug-likeness (QED) is 0.648. The van der Waals surface area contributed by atoms with Gasteiger partial charge in [-0.05, 0) is 30.6 Å². The molecular formula is C14H17P. The molecule has 1 heteroatoms. The van der Waals surface area contributed by atoms with Crippen LogP contribution in [-0.4, -0.2) is 10.4 Å². The third-order valence-corrected chi connectivity index (χ3v) is 4.78. The first kappa shape index (κ1) is 10.6. The van der Waals surface area contributed by atoms with Crippen LogP contribution >= 0.6 is 8.20 Å². The molecule has 78 valence electrons. The van der Waals surface area contributed by atoms with E-state index in [0.717, 1.165) is 0 Å². The molecule has 1 heterocycles. The summed E-state index contributed by atoms with van der Waals surface area (Å²) in [6.45, 7) is 6.88. The lowest BCUT2D eigenvalue weighted by molar-refractivity contribution is 0.640. The topological polar surface area (TPSA) is 0 Å². The van der Waals surface area contributed by atoms with Crippen molar-refractivity contribution >= 4 is 13.5 Å². The Labute approximate surface area is 93.8 Å². The number of rotatable bonds is 2. The summed E-state index contributed by atoms with van der Waals surface area (Å²) < 4.78 is 0. The van der Waals surface area contributed by atoms with E-state index in [1.807, 2.05) is 0 Å². The number of hydrogen-bond acceptors (Lipinski definition) is 0. The summed E-state index contributed by atoms with van der Waals surface area (Å²) in [4.78, 5) is 0. The Hall–Kier alpha value is -0.870. The second kappa shape index (κ2) is 3.94. The Balaban J connectivity index is 2.30. The van der Waals surface area contributed by atoms with Crippen molar-refractivity contribution in [2.45, 2.75) is 31.8 Å². The summed E-state index contributed by atoms with van der Waals surface area (Å²) in [5.74, 6) is 0.578. The van der Waals surface area contributed by atoms with E-state index in [1.54, 1.807) is 0 Å². The van der Waals surface area contributed by atoms with E-state index in [2.05, 4.69) is 63.3 Å². The van der Waals surface area contributed by atoms with Crippen LogP contribution in [0.15, 0.2) is 42.5 Å². The van der Waals surface area contributed by atoms with E-state index in [0.29, 0.717) is 5.92 Å². The third kappa shape index (κ3) is 2.06. The molecule has 0 aliphatic carbocycles. The first-order chi connectivity index (χ1) is 7.12. The molecule has 0 aromatic heterocycles. The third-order valence-electron chi connectivity index (χ3n) is 3.26. The maximum absolute atomic E-state index is 2.36. The van der Waals surface area contributed by atoms with Crippen LogP contribution < -0.4 is 0 Å². The molecule has 0 saturated heterocycles. The largest absolute Gasteiger partial charge is 0.0899 e. The van der Waals surface area contributed by atoms with Gasteiger partial charge in [-0.3, -0.25) is 0 Å². The molecule has 0 amide bonds. The van der Waals surface area contributed by atoms with Crippen molar-refractivity contribution in [1.29, 1.82) is 0 Å². The van der Waals surface area contributed by atoms with Gasteiger partial charge >= 0.3 is 0 Å². The fraction of sp³-hybridized carbons (Fsp3) is 0.357. The standard InChI is InChI=1S/C14H17P/c1-11-9-10-14(3,15-11)12(2)13-7-5-4-6-8-13/h4-10,12H,1-3H3. The fourth-order valence-corrected chi connectivity index (χ4v) is 3.46. The molecule has 1 aromatic rings. The van der Waals surface area contributed by atoms with E-state index in [4.69, 9.17) is 0 Å². The Morgan fingerprint density at radius 1 is 1.20 bits per heavy atom. The number of benzene rings is 1. The lowest BCUT2D eigenvalue weighted by Crippen LogP contribution is -2.20. The predicted molar refractivity (Wildman–Crippen MR) is 70.0 cm³/mol. The minimum absolute atomic E-state index is 0.283. The summed E-state index contributed by atoms with van der Waals surface area (Å²) in [7, 11) is 1.46. The van der Waals surface area contributed by atoms with E-state index >= 15 is 0 Å². The SMILES string of the molecule is CC1=PC(C)(C(C)c2ccccc2)C=C1. The van der Waals surface area contributed by atoms with Crippen LogP contribution in [0.2, 0.25) is 0 Å². The average Bonchev–Trinajstić information content (AvgIpc) is 2.60. The summed E-state index contributed by atoms with van der Waals surface area (Å²) in [5, 5.41) is 1.76. The second-order valence-corrected chi connectivity index (χ2v) is 6.34. The van der Waals surface area contributed by atoms with Gasteiger partial charge in [-0.1, -0.05) is 57.6 Å². The summed E-state index contributed by atoms with van der Waals surface area (Å²) in [5.41, 5.74) is 1.44. The van der Waals surface area contributed by atoms with Crippen LogP contribution in [-0.2, 0) is 0 Å². The highest BCUT2D eigenvalue weighted by Gasteiger charge is 2.30. The zero-order valence-electron chi connectivity index (χ0n) is 9.57. The van der Waals surface area contributed by atoms with E-state index < -0.39 is 0 Å². The average molecular weight is 216 g/mol. The molecule has 15 heavy (non-hydrogen) atoms. The van der Waals surface area contributed by atoms with E-state index in [9.17, 15) is 0 Å². The first-order valence-electron chi connectivity index (χ1n) is 5.42. The van der Waals surface area contributed by atoms with Crippen molar-refractivity contribution in [3.8, 4) is 0 Å². The molecule has 0 N–H and O–H groups in total. The highest BCUT2D eigenvalue weighted by molar-refractivity contribution is 7.43. The molecule has 1 aliphatic heterocycles. The van der Waals surface area contributed by atoms with Crippen LogP contribution in [0.3, 0.4) is 0 Å². The van der Waals surface area contributed by atoms with Crippen LogP contribution in [0.4, 0.5) is 0 Å². The maximum atomic E-state index is 2.36. The van der Waals surface area contributed by atoms with E-state index in [-0.39, 0.29) is 5.16 Å². The number of allylic oxidation sites excluding steroid dienone is 2. The zero-order valence-corrected chi connectivity index (χ0v) is 10.5. The molecule has 0 saturated carbocycles. The van der Waals surface area contributed by atoms with Gasteiger partial charge in [0.15, 0.2) is 0 Å². The van der Waals surface area contributed by atoms with Gasteiger partial charge < -0.3 is 0 Å². The summed E-state index contributed by atoms with van der Waals surface area (Å²) in [6, 6.07) is 10.8. The fourth-order valence-electron chi connectivity index (χ4n) is 2.06. The van der Waals surface area contributed by atoms with Crippen LogP contribution in [0.25, 0.3) is 0 Å². The Morgan fingerprint density at radius 2 is 1.87 bits per heavy atom. The van der Waals surface area contributed by atoms with Gasteiger partial charge in [0.2, 0.25) is 0 Å². The lowest BCUT2D eigenvalue weighted by Gasteiger charge is -2.27. The highest BCUT2D eigenvalue weighted by atomic mass is 31.1. The van der Waals surface area contributed by atoms with Crippen LogP contribution in [0.5, 0.6) is 0 Å². The molecular weight excluding hydrogens is 199 g/mol. The van der Waals surface area contributed by atoms with Gasteiger partial charge in [0.05, 0.1) is 0 Å². The van der Waals surface area contributed by atoms with Gasteiger partial charge in [-0.25, -0.2) is 0 Å². The molecule has 1 aromatic carbocycles. The van der Waals surface area contributed by atoms with Crippen LogP contribution in [0, 0.1) is 0 Å². The Bertz CT molecular complexity index is 403. The molecule has 1 aliphatic rings. The summed E-state index contributed by atoms with van der Waals surface area (Å²) >= 11 is 0. The van der Waals surface area contributed by atoms with Gasteiger partial charge in [0, 0.05) is 5.16 Å². The molecule has 0 nitrogen and oxygen atoms in total. The zero-order chi connectivity index (χ0) is 10.9. The first-order valence-corrected chi connectivity index (χ1v) is 6.32. The Kier molecular flexibility index (Phi) is 2.80. The van der Waals surface area contributed by atoms with Crippen molar-refractivity contribution in [2.75, 3.05) is 0 Å². The highest BCUT2D eigenvalue weighted by Crippen LogP contribution is 2.43. The minimum Gasteiger partial charge on any atom is -0.0899 e. The van der Waals surface area contributed by atoms with Crippen LogP contribution in [0.1, 0.15) is 32.3 Å². The Morgan fingerprint density at radius 3 is 2.40 bits per heavy atom. The lowest BCUT2D eigenvalue weighted by atomic mass is 9.88. The maximum Gasteiger partial charge on any atom is 0.0344 e. The monoisotopic (exact) mass is 216 g/mol. The van der Waals surface area contributed by atoms with Gasteiger partial charge in [0.1, 0.15) is 0 Å². The molecule has 2 unspecified atom stereocenters. The van der Waals surface area contributed by atoms with Crippen molar-refractivity contribution in [2.24, 2.45) is 0 Å². The normalized spacial score (nSPS) is 27.5. The minimum atomic E-state index is 0.283. The van der Waals surface area contributed by atoms with Gasteiger partial charge in [-0.2, -0.15) is 0 Å². The molecule has 0 fully saturated rings. The van der Waals surface area contributed by atoms with E-state index in [1.165, 1.54) is 19.1 Å². The molecule has 2 rings (SSSR count). The predicted octanol–water partition coefficient (Wildman–Crippen LogP) is 4.26. The molecule has 0 radical (unpaired) electrons. The smallest absolute Gasteiger partial charge is 0.0344 e.